The van der Waals surface area contributed by atoms with Crippen molar-refractivity contribution < 1.29 is 14.0 Å². The minimum Gasteiger partial charge on any atom is -0.379 e. The molecule has 0 amide bonds. The van der Waals surface area contributed by atoms with Crippen molar-refractivity contribution in [2.45, 2.75) is 338 Å². The molecular weight excluding hydrogens is 875 g/mol. The third-order valence-corrected chi connectivity index (χ3v) is 19.4. The first-order valence-electron chi connectivity index (χ1n) is 33.3. The number of quaternary nitrogens is 1. The minimum atomic E-state index is 0.169. The molecule has 0 aromatic heterocycles. The van der Waals surface area contributed by atoms with E-state index in [1.165, 1.54) is 249 Å². The Bertz CT molecular complexity index is 1220. The smallest absolute Gasteiger partial charge is 0.130 e. The number of unbranched alkanes of at least 4 members (excludes halogenated alkanes) is 24. The molecule has 3 heteroatoms. The lowest BCUT2D eigenvalue weighted by Gasteiger charge is -2.65. The van der Waals surface area contributed by atoms with Crippen molar-refractivity contribution in [2.75, 3.05) is 26.4 Å². The van der Waals surface area contributed by atoms with Crippen LogP contribution in [-0.4, -0.2) is 55.1 Å². The fraction of sp³-hybridized carbons (Fsp3) is 0.942. The van der Waals surface area contributed by atoms with Gasteiger partial charge < -0.3 is 14.0 Å². The van der Waals surface area contributed by atoms with Gasteiger partial charge in [0, 0.05) is 50.2 Å². The Morgan fingerprint density at radius 1 is 0.389 bits per heavy atom. The van der Waals surface area contributed by atoms with E-state index in [9.17, 15) is 0 Å². The Morgan fingerprint density at radius 2 is 0.694 bits per heavy atom. The Morgan fingerprint density at radius 3 is 1.03 bits per heavy atom. The van der Waals surface area contributed by atoms with Crippen LogP contribution in [0.5, 0.6) is 0 Å². The van der Waals surface area contributed by atoms with Gasteiger partial charge in [0.25, 0.3) is 0 Å². The van der Waals surface area contributed by atoms with Crippen LogP contribution in [0.15, 0.2) is 24.3 Å². The maximum absolute atomic E-state index is 7.43. The molecule has 0 aromatic rings. The summed E-state index contributed by atoms with van der Waals surface area (Å²) >= 11 is 0. The fourth-order valence-corrected chi connectivity index (χ4v) is 15.0. The number of allylic oxidation sites excluding steroid dienone is 4. The summed E-state index contributed by atoms with van der Waals surface area (Å²) in [6.45, 7) is 31.9. The summed E-state index contributed by atoms with van der Waals surface area (Å²) in [7, 11) is 0. The molecule has 10 unspecified atom stereocenters. The first-order chi connectivity index (χ1) is 35.0. The summed E-state index contributed by atoms with van der Waals surface area (Å²) in [6.07, 6.45) is 60.6. The zero-order valence-corrected chi connectivity index (χ0v) is 51.1. The van der Waals surface area contributed by atoms with Gasteiger partial charge in [0.2, 0.25) is 0 Å². The van der Waals surface area contributed by atoms with Gasteiger partial charge in [-0.05, 0) is 138 Å². The molecule has 72 heavy (non-hydrogen) atoms. The van der Waals surface area contributed by atoms with Gasteiger partial charge in [-0.3, -0.25) is 0 Å². The van der Waals surface area contributed by atoms with Crippen LogP contribution < -0.4 is 0 Å². The molecule has 3 aliphatic carbocycles. The van der Waals surface area contributed by atoms with Crippen LogP contribution in [0.1, 0.15) is 314 Å². The van der Waals surface area contributed by atoms with E-state index in [0.29, 0.717) is 18.1 Å². The SMILES string of the molecule is CCCCCCCC/C=C\CCCCCCCCOCC(C[N+](C1CC(C)CCC1C(C)C)(C1CC(C)CCC1C(C)C)C1CC(C)CCC1C(C)C)OCCCCCCCC/C=C\CCCCCCCC. The van der Waals surface area contributed by atoms with Crippen molar-refractivity contribution in [2.24, 2.45) is 53.3 Å². The van der Waals surface area contributed by atoms with E-state index in [4.69, 9.17) is 9.47 Å². The van der Waals surface area contributed by atoms with Gasteiger partial charge in [0.05, 0.1) is 24.7 Å². The molecule has 0 spiro atoms. The summed E-state index contributed by atoms with van der Waals surface area (Å²) < 4.78 is 15.7. The summed E-state index contributed by atoms with van der Waals surface area (Å²) in [5.74, 6) is 6.95. The maximum Gasteiger partial charge on any atom is 0.130 e. The van der Waals surface area contributed by atoms with Crippen LogP contribution in [0, 0.1) is 53.3 Å². The Kier molecular flexibility index (Phi) is 37.0. The summed E-state index contributed by atoms with van der Waals surface area (Å²) in [4.78, 5) is 0. The molecule has 0 bridgehead atoms. The van der Waals surface area contributed by atoms with Gasteiger partial charge in [-0.1, -0.05) is 216 Å². The van der Waals surface area contributed by atoms with Gasteiger partial charge in [-0.25, -0.2) is 0 Å². The molecule has 0 N–H and O–H groups in total. The average Bonchev–Trinajstić information content (AvgIpc) is 3.35. The van der Waals surface area contributed by atoms with E-state index in [1.54, 1.807) is 0 Å². The predicted molar refractivity (Wildman–Crippen MR) is 320 cm³/mol. The van der Waals surface area contributed by atoms with E-state index in [2.05, 4.69) is 100 Å². The lowest BCUT2D eigenvalue weighted by Crippen LogP contribution is -2.76. The highest BCUT2D eigenvalue weighted by molar-refractivity contribution is 4.95. The lowest BCUT2D eigenvalue weighted by molar-refractivity contribution is -1.01. The van der Waals surface area contributed by atoms with E-state index in [-0.39, 0.29) is 6.10 Å². The van der Waals surface area contributed by atoms with Crippen molar-refractivity contribution in [3.05, 3.63) is 24.3 Å². The van der Waals surface area contributed by atoms with Crippen molar-refractivity contribution in [3.63, 3.8) is 0 Å². The van der Waals surface area contributed by atoms with E-state index in [1.807, 2.05) is 0 Å². The van der Waals surface area contributed by atoms with Gasteiger partial charge in [-0.2, -0.15) is 0 Å². The fourth-order valence-electron chi connectivity index (χ4n) is 15.0. The number of hydrogen-bond acceptors (Lipinski definition) is 2. The molecule has 0 aliphatic heterocycles. The third-order valence-electron chi connectivity index (χ3n) is 19.4. The Labute approximate surface area is 453 Å². The molecule has 3 fully saturated rings. The van der Waals surface area contributed by atoms with Crippen LogP contribution in [0.25, 0.3) is 0 Å². The summed E-state index contributed by atoms with van der Waals surface area (Å²) in [5, 5.41) is 0. The molecule has 3 nitrogen and oxygen atoms in total. The first-order valence-corrected chi connectivity index (χ1v) is 33.3. The number of ether oxygens (including phenoxy) is 2. The van der Waals surface area contributed by atoms with Gasteiger partial charge in [0.15, 0.2) is 0 Å². The quantitative estimate of drug-likeness (QED) is 0.0344. The van der Waals surface area contributed by atoms with Crippen LogP contribution in [-0.2, 0) is 9.47 Å². The number of nitrogens with zero attached hydrogens (tertiary/aromatic N) is 1. The molecular formula is C69H132NO2+. The maximum atomic E-state index is 7.43. The van der Waals surface area contributed by atoms with Crippen molar-refractivity contribution >= 4 is 0 Å². The Balaban J connectivity index is 1.74. The van der Waals surface area contributed by atoms with E-state index in [0.717, 1.165) is 73.1 Å². The zero-order chi connectivity index (χ0) is 52.2. The normalized spacial score (nSPS) is 26.7. The van der Waals surface area contributed by atoms with Crippen molar-refractivity contribution in [3.8, 4) is 0 Å². The van der Waals surface area contributed by atoms with E-state index < -0.39 is 0 Å². The van der Waals surface area contributed by atoms with Crippen molar-refractivity contribution in [1.29, 1.82) is 0 Å². The number of hydrogen-bond donors (Lipinski definition) is 0. The molecule has 0 radical (unpaired) electrons. The molecule has 10 atom stereocenters. The predicted octanol–water partition coefficient (Wildman–Crippen LogP) is 21.7. The van der Waals surface area contributed by atoms with Gasteiger partial charge in [0.1, 0.15) is 12.6 Å². The second-order valence-electron chi connectivity index (χ2n) is 26.8. The van der Waals surface area contributed by atoms with Crippen LogP contribution >= 0.6 is 0 Å². The van der Waals surface area contributed by atoms with Gasteiger partial charge >= 0.3 is 0 Å². The molecule has 424 valence electrons. The molecule has 3 rings (SSSR count). The first kappa shape index (κ1) is 65.6. The zero-order valence-electron chi connectivity index (χ0n) is 51.1. The highest BCUT2D eigenvalue weighted by Crippen LogP contribution is 2.53. The van der Waals surface area contributed by atoms with Crippen molar-refractivity contribution in [1.82, 2.24) is 0 Å². The molecule has 0 saturated heterocycles. The van der Waals surface area contributed by atoms with Crippen LogP contribution in [0.4, 0.5) is 0 Å². The topological polar surface area (TPSA) is 18.5 Å². The third kappa shape index (κ3) is 25.7. The van der Waals surface area contributed by atoms with Crippen LogP contribution in [0.3, 0.4) is 0 Å². The lowest BCUT2D eigenvalue weighted by atomic mass is 9.63. The van der Waals surface area contributed by atoms with Crippen LogP contribution in [0.2, 0.25) is 0 Å². The summed E-state index contributed by atoms with van der Waals surface area (Å²) in [6, 6.07) is 2.15. The summed E-state index contributed by atoms with van der Waals surface area (Å²) in [5.41, 5.74) is 0. The Hall–Kier alpha value is -0.640. The average molecular weight is 1010 g/mol. The molecule has 0 heterocycles. The molecule has 3 aliphatic rings. The number of rotatable bonds is 43. The van der Waals surface area contributed by atoms with E-state index >= 15 is 0 Å². The highest BCUT2D eigenvalue weighted by atomic mass is 16.5. The minimum absolute atomic E-state index is 0.169. The molecule has 0 aromatic carbocycles. The second kappa shape index (κ2) is 40.6. The highest BCUT2D eigenvalue weighted by Gasteiger charge is 2.60. The molecule has 3 saturated carbocycles. The van der Waals surface area contributed by atoms with Gasteiger partial charge in [-0.15, -0.1) is 0 Å². The monoisotopic (exact) mass is 1010 g/mol. The second-order valence-corrected chi connectivity index (χ2v) is 26.8. The standard InChI is InChI=1S/C69H132NO2/c1-12-14-16-18-20-22-24-26-28-30-32-34-36-38-40-42-50-71-56-63(72-51-43-41-39-37-35-33-31-29-27-25-23-21-19-17-15-13-2)55-70(67-52-60(9)44-47-64(67)57(3)4,68-53-61(10)45-48-65(68)58(5)6)69-54-62(11)46-49-66(69)59(7)8/h26-29,57-69H,12-25,30-56H2,1-11H3/q+1/b28-26-,29-27-. The largest absolute Gasteiger partial charge is 0.379 e.